The summed E-state index contributed by atoms with van der Waals surface area (Å²) in [5.74, 6) is 0. The minimum atomic E-state index is -0.188. The Bertz CT molecular complexity index is 184. The first-order chi connectivity index (χ1) is 6.70. The minimum absolute atomic E-state index is 0.0209. The number of carbonyl (C=O) groups is 1. The molecule has 14 heavy (non-hydrogen) atoms. The zero-order valence-electron chi connectivity index (χ0n) is 8.82. The Kier molecular flexibility index (Phi) is 6.59. The summed E-state index contributed by atoms with van der Waals surface area (Å²) in [7, 11) is 0. The topological polar surface area (TPSA) is 41.6 Å². The number of nitrogens with one attached hydrogen (secondary N) is 1. The average Bonchev–Trinajstić information content (AvgIpc) is 2.21. The van der Waals surface area contributed by atoms with E-state index in [0.29, 0.717) is 0 Å². The highest BCUT2D eigenvalue weighted by Gasteiger charge is 2.17. The van der Waals surface area contributed by atoms with Crippen LogP contribution in [0.15, 0.2) is 0 Å². The van der Waals surface area contributed by atoms with Gasteiger partial charge in [0.1, 0.15) is 0 Å². The van der Waals surface area contributed by atoms with Gasteiger partial charge >= 0.3 is 6.09 Å². The molecule has 0 aromatic carbocycles. The van der Waals surface area contributed by atoms with Crippen LogP contribution in [0.5, 0.6) is 0 Å². The number of ether oxygens (including phenoxy) is 1. The van der Waals surface area contributed by atoms with Crippen molar-refractivity contribution in [2.45, 2.75) is 20.0 Å². The average molecular weight is 198 g/mol. The Hall–Kier alpha value is -1.21. The zero-order valence-corrected chi connectivity index (χ0v) is 8.82. The van der Waals surface area contributed by atoms with Crippen LogP contribution in [0, 0.1) is 12.8 Å². The van der Waals surface area contributed by atoms with Gasteiger partial charge in [0.25, 0.3) is 0 Å². The normalized spacial score (nSPS) is 15.6. The molecule has 0 aliphatic carbocycles. The van der Waals surface area contributed by atoms with Crippen LogP contribution in [0.2, 0.25) is 0 Å². The molecular formula is C10H18N2O2. The largest absolute Gasteiger partial charge is 0.447 e. The molecule has 1 fully saturated rings. The number of hydrogen-bond acceptors (Lipinski definition) is 3. The first kappa shape index (κ1) is 12.8. The van der Waals surface area contributed by atoms with Crippen LogP contribution in [0.1, 0.15) is 13.8 Å². The van der Waals surface area contributed by atoms with E-state index in [1.165, 1.54) is 0 Å². The van der Waals surface area contributed by atoms with E-state index in [4.69, 9.17) is 4.74 Å². The highest BCUT2D eigenvalue weighted by atomic mass is 16.6. The summed E-state index contributed by atoms with van der Waals surface area (Å²) in [6.07, 6.45) is 7.79. The molecule has 0 saturated carbocycles. The maximum absolute atomic E-state index is 11.3. The van der Waals surface area contributed by atoms with Crippen molar-refractivity contribution < 1.29 is 9.53 Å². The van der Waals surface area contributed by atoms with Crippen molar-refractivity contribution in [1.82, 2.24) is 10.2 Å². The van der Waals surface area contributed by atoms with E-state index in [1.54, 1.807) is 4.90 Å². The van der Waals surface area contributed by atoms with Gasteiger partial charge in [-0.25, -0.2) is 4.79 Å². The fourth-order valence-corrected chi connectivity index (χ4v) is 1.12. The summed E-state index contributed by atoms with van der Waals surface area (Å²) in [4.78, 5) is 13.0. The van der Waals surface area contributed by atoms with Crippen molar-refractivity contribution in [2.75, 3.05) is 26.2 Å². The molecular weight excluding hydrogens is 180 g/mol. The molecule has 0 atom stereocenters. The standard InChI is InChI=1S/C8H16N2O2.C2H2/c1-7(2)12-8(11)10-5-3-9-4-6-10;1-2/h7,9H,3-6H2,1-2H3;1-2H. The second-order valence-corrected chi connectivity index (χ2v) is 3.17. The Morgan fingerprint density at radius 1 is 1.36 bits per heavy atom. The maximum Gasteiger partial charge on any atom is 0.410 e. The number of nitrogens with zero attached hydrogens (tertiary/aromatic N) is 1. The molecule has 0 spiro atoms. The minimum Gasteiger partial charge on any atom is -0.447 e. The van der Waals surface area contributed by atoms with Crippen LogP contribution < -0.4 is 5.32 Å². The molecule has 0 radical (unpaired) electrons. The van der Waals surface area contributed by atoms with E-state index in [2.05, 4.69) is 18.2 Å². The third kappa shape index (κ3) is 4.73. The van der Waals surface area contributed by atoms with Crippen molar-refractivity contribution in [1.29, 1.82) is 0 Å². The molecule has 1 heterocycles. The maximum atomic E-state index is 11.3. The molecule has 1 aliphatic rings. The quantitative estimate of drug-likeness (QED) is 0.630. The Balaban J connectivity index is 0.000000791. The van der Waals surface area contributed by atoms with Crippen LogP contribution >= 0.6 is 0 Å². The van der Waals surface area contributed by atoms with Gasteiger partial charge in [-0.3, -0.25) is 0 Å². The predicted molar refractivity (Wildman–Crippen MR) is 55.9 cm³/mol. The second-order valence-electron chi connectivity index (χ2n) is 3.17. The van der Waals surface area contributed by atoms with E-state index in [1.807, 2.05) is 13.8 Å². The first-order valence-electron chi connectivity index (χ1n) is 4.70. The lowest BCUT2D eigenvalue weighted by Gasteiger charge is -2.27. The summed E-state index contributed by atoms with van der Waals surface area (Å²) >= 11 is 0. The van der Waals surface area contributed by atoms with E-state index >= 15 is 0 Å². The van der Waals surface area contributed by atoms with Gasteiger partial charge < -0.3 is 15.0 Å². The summed E-state index contributed by atoms with van der Waals surface area (Å²) in [5.41, 5.74) is 0. The van der Waals surface area contributed by atoms with Crippen LogP contribution in [0.25, 0.3) is 0 Å². The molecule has 1 N–H and O–H groups in total. The number of terminal acetylenes is 1. The second kappa shape index (κ2) is 7.22. The van der Waals surface area contributed by atoms with Crippen molar-refractivity contribution >= 4 is 6.09 Å². The Morgan fingerprint density at radius 3 is 2.29 bits per heavy atom. The molecule has 0 unspecified atom stereocenters. The Morgan fingerprint density at radius 2 is 1.86 bits per heavy atom. The molecule has 1 aliphatic heterocycles. The summed E-state index contributed by atoms with van der Waals surface area (Å²) < 4.78 is 5.05. The predicted octanol–water partition coefficient (Wildman–Crippen LogP) is 0.686. The number of amides is 1. The van der Waals surface area contributed by atoms with Crippen LogP contribution in [-0.2, 0) is 4.74 Å². The molecule has 80 valence electrons. The van der Waals surface area contributed by atoms with Gasteiger partial charge in [-0.1, -0.05) is 0 Å². The van der Waals surface area contributed by atoms with Crippen molar-refractivity contribution in [2.24, 2.45) is 0 Å². The molecule has 4 nitrogen and oxygen atoms in total. The van der Waals surface area contributed by atoms with Gasteiger partial charge in [0, 0.05) is 26.2 Å². The van der Waals surface area contributed by atoms with Gasteiger partial charge in [0.05, 0.1) is 6.10 Å². The van der Waals surface area contributed by atoms with Crippen molar-refractivity contribution in [3.05, 3.63) is 0 Å². The van der Waals surface area contributed by atoms with Crippen LogP contribution in [-0.4, -0.2) is 43.3 Å². The number of piperazine rings is 1. The van der Waals surface area contributed by atoms with Crippen LogP contribution in [0.4, 0.5) is 4.79 Å². The van der Waals surface area contributed by atoms with E-state index < -0.39 is 0 Å². The van der Waals surface area contributed by atoms with Gasteiger partial charge in [-0.05, 0) is 13.8 Å². The van der Waals surface area contributed by atoms with E-state index in [0.717, 1.165) is 26.2 Å². The molecule has 0 aromatic heterocycles. The highest BCUT2D eigenvalue weighted by molar-refractivity contribution is 5.67. The van der Waals surface area contributed by atoms with Gasteiger partial charge in [-0.15, -0.1) is 12.8 Å². The zero-order chi connectivity index (χ0) is 11.0. The van der Waals surface area contributed by atoms with Crippen molar-refractivity contribution in [3.63, 3.8) is 0 Å². The molecule has 0 bridgehead atoms. The lowest BCUT2D eigenvalue weighted by atomic mass is 10.4. The summed E-state index contributed by atoms with van der Waals surface area (Å²) in [5, 5.41) is 3.17. The van der Waals surface area contributed by atoms with Gasteiger partial charge in [0.15, 0.2) is 0 Å². The number of rotatable bonds is 1. The van der Waals surface area contributed by atoms with Gasteiger partial charge in [-0.2, -0.15) is 0 Å². The molecule has 4 heteroatoms. The van der Waals surface area contributed by atoms with E-state index in [-0.39, 0.29) is 12.2 Å². The first-order valence-corrected chi connectivity index (χ1v) is 4.70. The lowest BCUT2D eigenvalue weighted by molar-refractivity contribution is 0.0732. The molecule has 1 saturated heterocycles. The summed E-state index contributed by atoms with van der Waals surface area (Å²) in [6, 6.07) is 0. The number of carbonyl (C=O) groups excluding carboxylic acids is 1. The highest BCUT2D eigenvalue weighted by Crippen LogP contribution is 1.99. The van der Waals surface area contributed by atoms with Gasteiger partial charge in [0.2, 0.25) is 0 Å². The number of hydrogen-bond donors (Lipinski definition) is 1. The van der Waals surface area contributed by atoms with Crippen molar-refractivity contribution in [3.8, 4) is 12.8 Å². The molecule has 1 amide bonds. The Labute approximate surface area is 85.6 Å². The molecule has 0 aromatic rings. The van der Waals surface area contributed by atoms with Crippen LogP contribution in [0.3, 0.4) is 0 Å². The smallest absolute Gasteiger partial charge is 0.410 e. The fraction of sp³-hybridized carbons (Fsp3) is 0.700. The third-order valence-corrected chi connectivity index (χ3v) is 1.71. The lowest BCUT2D eigenvalue weighted by Crippen LogP contribution is -2.47. The fourth-order valence-electron chi connectivity index (χ4n) is 1.12. The summed E-state index contributed by atoms with van der Waals surface area (Å²) in [6.45, 7) is 6.97. The third-order valence-electron chi connectivity index (χ3n) is 1.71. The van der Waals surface area contributed by atoms with E-state index in [9.17, 15) is 4.79 Å². The SMILES string of the molecule is C#C.CC(C)OC(=O)N1CCNCC1. The molecule has 1 rings (SSSR count). The monoisotopic (exact) mass is 198 g/mol.